The zero-order chi connectivity index (χ0) is 15.1. The van der Waals surface area contributed by atoms with Gasteiger partial charge in [-0.1, -0.05) is 0 Å². The lowest BCUT2D eigenvalue weighted by atomic mass is 10.1. The van der Waals surface area contributed by atoms with E-state index in [0.29, 0.717) is 0 Å². The maximum absolute atomic E-state index is 13.1. The van der Waals surface area contributed by atoms with E-state index in [1.807, 2.05) is 0 Å². The molecule has 0 aromatic carbocycles. The first kappa shape index (κ1) is 15.0. The number of rotatable bonds is 3. The minimum Gasteiger partial charge on any atom is -0.397 e. The summed E-state index contributed by atoms with van der Waals surface area (Å²) in [6.45, 7) is 3.35. The molecule has 2 heterocycles. The Bertz CT molecular complexity index is 640. The number of aromatic nitrogens is 1. The first-order chi connectivity index (χ1) is 9.25. The molecule has 0 fully saturated rings. The van der Waals surface area contributed by atoms with Gasteiger partial charge in [0.2, 0.25) is 0 Å². The summed E-state index contributed by atoms with van der Waals surface area (Å²) in [5.74, 6) is 0. The molecule has 1 unspecified atom stereocenters. The van der Waals surface area contributed by atoms with Gasteiger partial charge < -0.3 is 15.6 Å². The van der Waals surface area contributed by atoms with Crippen molar-refractivity contribution in [2.45, 2.75) is 26.3 Å². The highest BCUT2D eigenvalue weighted by atomic mass is 32.1. The monoisotopic (exact) mass is 306 g/mol. The van der Waals surface area contributed by atoms with E-state index in [1.165, 1.54) is 6.92 Å². The Balaban J connectivity index is 2.71. The summed E-state index contributed by atoms with van der Waals surface area (Å²) < 4.78 is 44.2. The molecule has 0 aliphatic rings. The van der Waals surface area contributed by atoms with Gasteiger partial charge in [-0.2, -0.15) is 13.2 Å². The highest BCUT2D eigenvalue weighted by Gasteiger charge is 2.35. The molecule has 110 valence electrons. The third-order valence-corrected chi connectivity index (χ3v) is 3.84. The molecular weight excluding hydrogens is 293 g/mol. The minimum absolute atomic E-state index is 0.134. The number of anilines is 1. The fraction of sp³-hybridized carbons (Fsp3) is 0.417. The SMILES string of the molecule is CCOC(O)c1sc2nc(C)cc(C(F)(F)F)c2c1N. The van der Waals surface area contributed by atoms with Crippen molar-refractivity contribution in [3.05, 3.63) is 22.2 Å². The Morgan fingerprint density at radius 3 is 2.70 bits per heavy atom. The van der Waals surface area contributed by atoms with E-state index in [1.54, 1.807) is 6.92 Å². The number of aliphatic hydroxyl groups excluding tert-OH is 1. The molecule has 0 aliphatic heterocycles. The lowest BCUT2D eigenvalue weighted by Crippen LogP contribution is -2.08. The second kappa shape index (κ2) is 5.19. The Labute approximate surface area is 117 Å². The van der Waals surface area contributed by atoms with Crippen LogP contribution < -0.4 is 5.73 Å². The molecule has 0 aliphatic carbocycles. The number of aryl methyl sites for hydroxylation is 1. The van der Waals surface area contributed by atoms with Crippen molar-refractivity contribution in [2.24, 2.45) is 0 Å². The Morgan fingerprint density at radius 1 is 1.50 bits per heavy atom. The average Bonchev–Trinajstić information content (AvgIpc) is 2.64. The molecule has 0 saturated carbocycles. The molecule has 2 aromatic heterocycles. The van der Waals surface area contributed by atoms with E-state index < -0.39 is 18.0 Å². The molecule has 1 atom stereocenters. The quantitative estimate of drug-likeness (QED) is 0.854. The fourth-order valence-electron chi connectivity index (χ4n) is 1.90. The van der Waals surface area contributed by atoms with Crippen LogP contribution in [0, 0.1) is 6.92 Å². The van der Waals surface area contributed by atoms with Gasteiger partial charge in [-0.25, -0.2) is 4.98 Å². The number of hydrogen-bond donors (Lipinski definition) is 2. The highest BCUT2D eigenvalue weighted by Crippen LogP contribution is 2.44. The Kier molecular flexibility index (Phi) is 3.90. The lowest BCUT2D eigenvalue weighted by Gasteiger charge is -2.11. The van der Waals surface area contributed by atoms with Crippen LogP contribution in [0.1, 0.15) is 29.3 Å². The predicted octanol–water partition coefficient (Wildman–Crippen LogP) is 3.23. The van der Waals surface area contributed by atoms with E-state index in [2.05, 4.69) is 4.98 Å². The largest absolute Gasteiger partial charge is 0.417 e. The van der Waals surface area contributed by atoms with Crippen molar-refractivity contribution in [3.63, 3.8) is 0 Å². The Morgan fingerprint density at radius 2 is 2.15 bits per heavy atom. The zero-order valence-electron chi connectivity index (χ0n) is 10.8. The van der Waals surface area contributed by atoms with Gasteiger partial charge in [0.1, 0.15) is 4.83 Å². The topological polar surface area (TPSA) is 68.4 Å². The molecule has 3 N–H and O–H groups in total. The number of pyridine rings is 1. The van der Waals surface area contributed by atoms with Crippen LogP contribution in [0.5, 0.6) is 0 Å². The molecule has 8 heteroatoms. The number of thiophene rings is 1. The summed E-state index contributed by atoms with van der Waals surface area (Å²) in [4.78, 5) is 4.33. The number of hydrogen-bond acceptors (Lipinski definition) is 5. The van der Waals surface area contributed by atoms with Crippen molar-refractivity contribution in [1.29, 1.82) is 0 Å². The summed E-state index contributed by atoms with van der Waals surface area (Å²) in [5.41, 5.74) is 5.01. The second-order valence-electron chi connectivity index (χ2n) is 4.18. The molecule has 2 aromatic rings. The standard InChI is InChI=1S/C12H13F3N2O2S/c1-3-19-11(18)9-8(16)7-6(12(13,14)15)4-5(2)17-10(7)20-9/h4,11,18H,3,16H2,1-2H3. The van der Waals surface area contributed by atoms with Crippen LogP contribution in [-0.4, -0.2) is 16.7 Å². The zero-order valence-corrected chi connectivity index (χ0v) is 11.6. The van der Waals surface area contributed by atoms with Gasteiger partial charge in [0.15, 0.2) is 6.29 Å². The van der Waals surface area contributed by atoms with Gasteiger partial charge >= 0.3 is 6.18 Å². The average molecular weight is 306 g/mol. The first-order valence-corrected chi connectivity index (χ1v) is 6.63. The minimum atomic E-state index is -4.53. The molecule has 2 rings (SSSR count). The molecule has 0 bridgehead atoms. The molecule has 0 radical (unpaired) electrons. The van der Waals surface area contributed by atoms with E-state index >= 15 is 0 Å². The Hall–Kier alpha value is -1.38. The normalized spacial score (nSPS) is 13.9. The number of nitrogens with zero attached hydrogens (tertiary/aromatic N) is 1. The van der Waals surface area contributed by atoms with Gasteiger partial charge in [-0.15, -0.1) is 11.3 Å². The van der Waals surface area contributed by atoms with Crippen molar-refractivity contribution in [2.75, 3.05) is 12.3 Å². The van der Waals surface area contributed by atoms with Crippen LogP contribution in [0.2, 0.25) is 0 Å². The van der Waals surface area contributed by atoms with Crippen molar-refractivity contribution < 1.29 is 23.0 Å². The van der Waals surface area contributed by atoms with E-state index in [9.17, 15) is 18.3 Å². The summed E-state index contributed by atoms with van der Waals surface area (Å²) in [7, 11) is 0. The first-order valence-electron chi connectivity index (χ1n) is 5.82. The van der Waals surface area contributed by atoms with Crippen molar-refractivity contribution in [3.8, 4) is 0 Å². The number of alkyl halides is 3. The number of aliphatic hydroxyl groups is 1. The number of halogens is 3. The summed E-state index contributed by atoms with van der Waals surface area (Å²) in [6, 6.07) is 0.947. The van der Waals surface area contributed by atoms with Crippen LogP contribution in [-0.2, 0) is 10.9 Å². The smallest absolute Gasteiger partial charge is 0.397 e. The van der Waals surface area contributed by atoms with Crippen LogP contribution in [0.4, 0.5) is 18.9 Å². The maximum Gasteiger partial charge on any atom is 0.417 e. The van der Waals surface area contributed by atoms with E-state index in [0.717, 1.165) is 17.4 Å². The van der Waals surface area contributed by atoms with Gasteiger partial charge in [0, 0.05) is 17.7 Å². The molecule has 0 saturated heterocycles. The molecule has 20 heavy (non-hydrogen) atoms. The second-order valence-corrected chi connectivity index (χ2v) is 5.21. The number of nitrogens with two attached hydrogens (primary N) is 1. The van der Waals surface area contributed by atoms with Gasteiger partial charge in [0.05, 0.1) is 16.1 Å². The van der Waals surface area contributed by atoms with Gasteiger partial charge in [-0.3, -0.25) is 0 Å². The summed E-state index contributed by atoms with van der Waals surface area (Å²) in [5, 5.41) is 9.59. The van der Waals surface area contributed by atoms with Crippen molar-refractivity contribution in [1.82, 2.24) is 4.98 Å². The predicted molar refractivity (Wildman–Crippen MR) is 70.4 cm³/mol. The van der Waals surface area contributed by atoms with E-state index in [4.69, 9.17) is 10.5 Å². The van der Waals surface area contributed by atoms with Crippen LogP contribution in [0.3, 0.4) is 0 Å². The molecule has 0 amide bonds. The third kappa shape index (κ3) is 2.58. The number of nitrogen functional groups attached to an aromatic ring is 1. The maximum atomic E-state index is 13.1. The summed E-state index contributed by atoms with van der Waals surface area (Å²) in [6.07, 6.45) is -5.88. The lowest BCUT2D eigenvalue weighted by molar-refractivity contribution is -0.136. The number of ether oxygens (including phenoxy) is 1. The van der Waals surface area contributed by atoms with E-state index in [-0.39, 0.29) is 33.1 Å². The highest BCUT2D eigenvalue weighted by molar-refractivity contribution is 7.19. The molecular formula is C12H13F3N2O2S. The van der Waals surface area contributed by atoms with Gasteiger partial charge in [-0.05, 0) is 19.9 Å². The number of fused-ring (bicyclic) bond motifs is 1. The third-order valence-electron chi connectivity index (χ3n) is 2.71. The molecule has 4 nitrogen and oxygen atoms in total. The van der Waals surface area contributed by atoms with Crippen LogP contribution in [0.15, 0.2) is 6.07 Å². The summed E-state index contributed by atoms with van der Waals surface area (Å²) >= 11 is 0.905. The van der Waals surface area contributed by atoms with Crippen LogP contribution in [0.25, 0.3) is 10.2 Å². The van der Waals surface area contributed by atoms with Gasteiger partial charge in [0.25, 0.3) is 0 Å². The van der Waals surface area contributed by atoms with Crippen molar-refractivity contribution >= 4 is 27.2 Å². The van der Waals surface area contributed by atoms with Crippen LogP contribution >= 0.6 is 11.3 Å². The molecule has 0 spiro atoms. The fourth-order valence-corrected chi connectivity index (χ4v) is 3.00.